The van der Waals surface area contributed by atoms with Gasteiger partial charge in [-0.3, -0.25) is 4.79 Å². The van der Waals surface area contributed by atoms with Gasteiger partial charge < -0.3 is 21.6 Å². The minimum absolute atomic E-state index is 0.0684. The zero-order valence-corrected chi connectivity index (χ0v) is 15.7. The monoisotopic (exact) mass is 382 g/mol. The fraction of sp³-hybridized carbons (Fsp3) is 0.286. The lowest BCUT2D eigenvalue weighted by atomic mass is 10.1. The third-order valence-corrected chi connectivity index (χ3v) is 4.19. The van der Waals surface area contributed by atoms with Crippen LogP contribution in [-0.4, -0.2) is 29.9 Å². The van der Waals surface area contributed by atoms with E-state index in [0.29, 0.717) is 18.7 Å². The third-order valence-electron chi connectivity index (χ3n) is 4.19. The lowest BCUT2D eigenvalue weighted by molar-refractivity contribution is -0.136. The summed E-state index contributed by atoms with van der Waals surface area (Å²) in [5, 5.41) is 17.9. The highest BCUT2D eigenvalue weighted by Gasteiger charge is 2.04. The van der Waals surface area contributed by atoms with Crippen molar-refractivity contribution in [2.24, 2.45) is 10.9 Å². The molecule has 2 rings (SSSR count). The van der Waals surface area contributed by atoms with Gasteiger partial charge in [0, 0.05) is 18.7 Å². The SMILES string of the molecule is NN=Cc1ccc(CCCCNC(=O)Nc2cccc(CCC(=O)O)c2)cc1. The van der Waals surface area contributed by atoms with Crippen molar-refractivity contribution in [3.05, 3.63) is 65.2 Å². The van der Waals surface area contributed by atoms with E-state index in [1.54, 1.807) is 24.4 Å². The molecular formula is C21H26N4O3. The summed E-state index contributed by atoms with van der Waals surface area (Å²) in [6.07, 6.45) is 4.89. The second-order valence-corrected chi connectivity index (χ2v) is 6.45. The number of benzene rings is 2. The number of rotatable bonds is 10. The summed E-state index contributed by atoms with van der Waals surface area (Å²) in [4.78, 5) is 22.6. The summed E-state index contributed by atoms with van der Waals surface area (Å²) in [7, 11) is 0. The number of hydrogen-bond donors (Lipinski definition) is 4. The van der Waals surface area contributed by atoms with Gasteiger partial charge in [-0.25, -0.2) is 4.79 Å². The lowest BCUT2D eigenvalue weighted by Crippen LogP contribution is -2.29. The number of amides is 2. The van der Waals surface area contributed by atoms with Crippen molar-refractivity contribution in [2.75, 3.05) is 11.9 Å². The van der Waals surface area contributed by atoms with E-state index in [0.717, 1.165) is 30.4 Å². The van der Waals surface area contributed by atoms with Gasteiger partial charge in [-0.2, -0.15) is 5.10 Å². The summed E-state index contributed by atoms with van der Waals surface area (Å²) in [6.45, 7) is 0.586. The van der Waals surface area contributed by atoms with Crippen LogP contribution >= 0.6 is 0 Å². The van der Waals surface area contributed by atoms with Gasteiger partial charge in [0.15, 0.2) is 0 Å². The maximum atomic E-state index is 12.0. The first-order chi connectivity index (χ1) is 13.6. The predicted molar refractivity (Wildman–Crippen MR) is 111 cm³/mol. The van der Waals surface area contributed by atoms with Crippen LogP contribution in [0.4, 0.5) is 10.5 Å². The Balaban J connectivity index is 1.66. The van der Waals surface area contributed by atoms with E-state index in [-0.39, 0.29) is 12.5 Å². The average molecular weight is 382 g/mol. The second kappa shape index (κ2) is 11.4. The number of unbranched alkanes of at least 4 members (excludes halogenated alkanes) is 1. The smallest absolute Gasteiger partial charge is 0.319 e. The van der Waals surface area contributed by atoms with E-state index in [1.165, 1.54) is 5.56 Å². The molecule has 0 saturated heterocycles. The Bertz CT molecular complexity index is 804. The van der Waals surface area contributed by atoms with Crippen LogP contribution < -0.4 is 16.5 Å². The van der Waals surface area contributed by atoms with Gasteiger partial charge in [0.05, 0.1) is 6.21 Å². The summed E-state index contributed by atoms with van der Waals surface area (Å²) < 4.78 is 0. The van der Waals surface area contributed by atoms with Gasteiger partial charge in [-0.15, -0.1) is 0 Å². The molecule has 0 saturated carbocycles. The van der Waals surface area contributed by atoms with Gasteiger partial charge in [0.25, 0.3) is 0 Å². The third kappa shape index (κ3) is 7.90. The topological polar surface area (TPSA) is 117 Å². The van der Waals surface area contributed by atoms with E-state index >= 15 is 0 Å². The number of aryl methyl sites for hydroxylation is 2. The molecule has 0 aliphatic heterocycles. The van der Waals surface area contributed by atoms with Gasteiger partial charge in [0.2, 0.25) is 0 Å². The van der Waals surface area contributed by atoms with E-state index in [4.69, 9.17) is 10.9 Å². The van der Waals surface area contributed by atoms with Crippen molar-refractivity contribution in [1.29, 1.82) is 0 Å². The molecule has 0 unspecified atom stereocenters. The first-order valence-corrected chi connectivity index (χ1v) is 9.24. The number of carboxylic acids is 1. The molecular weight excluding hydrogens is 356 g/mol. The van der Waals surface area contributed by atoms with Gasteiger partial charge in [0.1, 0.15) is 0 Å². The highest BCUT2D eigenvalue weighted by molar-refractivity contribution is 5.89. The Morgan fingerprint density at radius 2 is 1.82 bits per heavy atom. The number of urea groups is 1. The van der Waals surface area contributed by atoms with Crippen molar-refractivity contribution in [2.45, 2.75) is 32.1 Å². The Labute approximate surface area is 164 Å². The molecule has 5 N–H and O–H groups in total. The molecule has 0 aliphatic carbocycles. The van der Waals surface area contributed by atoms with Crippen molar-refractivity contribution >= 4 is 23.9 Å². The zero-order chi connectivity index (χ0) is 20.2. The number of nitrogens with two attached hydrogens (primary N) is 1. The average Bonchev–Trinajstić information content (AvgIpc) is 2.68. The normalized spacial score (nSPS) is 10.7. The molecule has 0 bridgehead atoms. The highest BCUT2D eigenvalue weighted by Crippen LogP contribution is 2.12. The van der Waals surface area contributed by atoms with Crippen molar-refractivity contribution in [3.63, 3.8) is 0 Å². The quantitative estimate of drug-likeness (QED) is 0.218. The molecule has 2 amide bonds. The molecule has 0 aliphatic rings. The standard InChI is InChI=1S/C21H26N4O3/c22-24-15-18-9-7-16(8-10-18)4-1-2-13-23-21(28)25-19-6-3-5-17(14-19)11-12-20(26)27/h3,5-10,14-15H,1-2,4,11-13,22H2,(H,26,27)(H2,23,25,28). The summed E-state index contributed by atoms with van der Waals surface area (Å²) in [5.41, 5.74) is 3.74. The number of carbonyl (C=O) groups is 2. The summed E-state index contributed by atoms with van der Waals surface area (Å²) in [6, 6.07) is 15.0. The minimum atomic E-state index is -0.837. The number of anilines is 1. The zero-order valence-electron chi connectivity index (χ0n) is 15.7. The number of aliphatic carboxylic acids is 1. The molecule has 28 heavy (non-hydrogen) atoms. The Morgan fingerprint density at radius 1 is 1.04 bits per heavy atom. The largest absolute Gasteiger partial charge is 0.481 e. The lowest BCUT2D eigenvalue weighted by Gasteiger charge is -2.09. The van der Waals surface area contributed by atoms with Crippen LogP contribution in [0.3, 0.4) is 0 Å². The molecule has 2 aromatic rings. The van der Waals surface area contributed by atoms with Crippen LogP contribution in [-0.2, 0) is 17.6 Å². The number of carboxylic acid groups (broad SMARTS) is 1. The van der Waals surface area contributed by atoms with E-state index in [9.17, 15) is 9.59 Å². The van der Waals surface area contributed by atoms with Crippen LogP contribution in [0.15, 0.2) is 53.6 Å². The second-order valence-electron chi connectivity index (χ2n) is 6.45. The van der Waals surface area contributed by atoms with E-state index in [2.05, 4.69) is 27.9 Å². The van der Waals surface area contributed by atoms with Crippen molar-refractivity contribution in [1.82, 2.24) is 5.32 Å². The fourth-order valence-electron chi connectivity index (χ4n) is 2.74. The number of nitrogens with one attached hydrogen (secondary N) is 2. The number of nitrogens with zero attached hydrogens (tertiary/aromatic N) is 1. The van der Waals surface area contributed by atoms with E-state index in [1.807, 2.05) is 18.2 Å². The molecule has 0 spiro atoms. The molecule has 0 atom stereocenters. The summed E-state index contributed by atoms with van der Waals surface area (Å²) >= 11 is 0. The van der Waals surface area contributed by atoms with E-state index < -0.39 is 5.97 Å². The molecule has 148 valence electrons. The van der Waals surface area contributed by atoms with Gasteiger partial charge in [-0.1, -0.05) is 36.4 Å². The number of hydrazone groups is 1. The molecule has 0 aromatic heterocycles. The molecule has 0 radical (unpaired) electrons. The minimum Gasteiger partial charge on any atom is -0.481 e. The van der Waals surface area contributed by atoms with Crippen molar-refractivity contribution < 1.29 is 14.7 Å². The highest BCUT2D eigenvalue weighted by atomic mass is 16.4. The molecule has 7 nitrogen and oxygen atoms in total. The summed E-state index contributed by atoms with van der Waals surface area (Å²) in [5.74, 6) is 4.29. The molecule has 7 heteroatoms. The number of hydrogen-bond acceptors (Lipinski definition) is 4. The maximum absolute atomic E-state index is 12.0. The Kier molecular flexibility index (Phi) is 8.52. The molecule has 0 heterocycles. The van der Waals surface area contributed by atoms with Crippen LogP contribution in [0.5, 0.6) is 0 Å². The first kappa shape index (κ1) is 21.0. The molecule has 0 fully saturated rings. The van der Waals surface area contributed by atoms with Crippen LogP contribution in [0.2, 0.25) is 0 Å². The van der Waals surface area contributed by atoms with Crippen molar-refractivity contribution in [3.8, 4) is 0 Å². The Morgan fingerprint density at radius 3 is 2.54 bits per heavy atom. The number of carbonyl (C=O) groups excluding carboxylic acids is 1. The van der Waals surface area contributed by atoms with Crippen LogP contribution in [0.25, 0.3) is 0 Å². The van der Waals surface area contributed by atoms with Crippen LogP contribution in [0.1, 0.15) is 36.0 Å². The van der Waals surface area contributed by atoms with Crippen LogP contribution in [0, 0.1) is 0 Å². The van der Waals surface area contributed by atoms with Gasteiger partial charge >= 0.3 is 12.0 Å². The first-order valence-electron chi connectivity index (χ1n) is 9.24. The Hall–Kier alpha value is -3.35. The predicted octanol–water partition coefficient (Wildman–Crippen LogP) is 3.14. The molecule has 2 aromatic carbocycles. The fourth-order valence-corrected chi connectivity index (χ4v) is 2.74. The maximum Gasteiger partial charge on any atom is 0.319 e. The van der Waals surface area contributed by atoms with Gasteiger partial charge in [-0.05, 0) is 54.5 Å².